The SMILES string of the molecule is O=C(O)Cc1cc2c(cc1C(F)F)OCO2. The van der Waals surface area contributed by atoms with E-state index in [0.717, 1.165) is 6.07 Å². The highest BCUT2D eigenvalue weighted by Gasteiger charge is 2.22. The van der Waals surface area contributed by atoms with Crippen LogP contribution in [-0.4, -0.2) is 17.9 Å². The van der Waals surface area contributed by atoms with Gasteiger partial charge in [-0.1, -0.05) is 0 Å². The largest absolute Gasteiger partial charge is 0.481 e. The van der Waals surface area contributed by atoms with E-state index in [1.54, 1.807) is 0 Å². The van der Waals surface area contributed by atoms with Gasteiger partial charge in [0.15, 0.2) is 11.5 Å². The van der Waals surface area contributed by atoms with Gasteiger partial charge in [0.2, 0.25) is 6.79 Å². The first-order chi connectivity index (χ1) is 7.58. The predicted octanol–water partition coefficient (Wildman–Crippen LogP) is 1.98. The number of ether oxygens (including phenoxy) is 2. The van der Waals surface area contributed by atoms with Crippen LogP contribution in [0.5, 0.6) is 11.5 Å². The minimum Gasteiger partial charge on any atom is -0.481 e. The van der Waals surface area contributed by atoms with Crippen molar-refractivity contribution in [2.45, 2.75) is 12.8 Å². The molecule has 0 unspecified atom stereocenters. The third-order valence-electron chi connectivity index (χ3n) is 2.21. The topological polar surface area (TPSA) is 55.8 Å². The molecule has 0 radical (unpaired) electrons. The van der Waals surface area contributed by atoms with Crippen LogP contribution in [0.4, 0.5) is 8.78 Å². The summed E-state index contributed by atoms with van der Waals surface area (Å²) >= 11 is 0. The quantitative estimate of drug-likeness (QED) is 0.862. The molecule has 1 heterocycles. The van der Waals surface area contributed by atoms with Crippen LogP contribution in [0, 0.1) is 0 Å². The molecule has 0 saturated carbocycles. The number of fused-ring (bicyclic) bond motifs is 1. The Bertz CT molecular complexity index is 431. The summed E-state index contributed by atoms with van der Waals surface area (Å²) in [6.45, 7) is -0.0332. The molecule has 1 aromatic rings. The van der Waals surface area contributed by atoms with E-state index in [1.165, 1.54) is 6.07 Å². The van der Waals surface area contributed by atoms with Crippen molar-refractivity contribution in [3.8, 4) is 11.5 Å². The number of aliphatic carboxylic acids is 1. The molecule has 0 atom stereocenters. The lowest BCUT2D eigenvalue weighted by atomic mass is 10.0. The van der Waals surface area contributed by atoms with Crippen molar-refractivity contribution >= 4 is 5.97 Å². The number of halogens is 2. The Morgan fingerprint density at radius 2 is 2.00 bits per heavy atom. The number of benzene rings is 1. The van der Waals surface area contributed by atoms with E-state index in [9.17, 15) is 13.6 Å². The first-order valence-corrected chi connectivity index (χ1v) is 4.50. The van der Waals surface area contributed by atoms with E-state index in [1.807, 2.05) is 0 Å². The average molecular weight is 230 g/mol. The number of rotatable bonds is 3. The first-order valence-electron chi connectivity index (χ1n) is 4.50. The van der Waals surface area contributed by atoms with Crippen molar-refractivity contribution in [1.29, 1.82) is 0 Å². The van der Waals surface area contributed by atoms with E-state index in [-0.39, 0.29) is 23.7 Å². The molecular weight excluding hydrogens is 222 g/mol. The second-order valence-electron chi connectivity index (χ2n) is 3.28. The third kappa shape index (κ3) is 1.91. The Kier molecular flexibility index (Phi) is 2.64. The minimum absolute atomic E-state index is 0.0332. The highest BCUT2D eigenvalue weighted by Crippen LogP contribution is 2.38. The third-order valence-corrected chi connectivity index (χ3v) is 2.21. The molecule has 0 aromatic heterocycles. The number of hydrogen-bond acceptors (Lipinski definition) is 3. The summed E-state index contributed by atoms with van der Waals surface area (Å²) < 4.78 is 35.3. The van der Waals surface area contributed by atoms with Gasteiger partial charge in [-0.3, -0.25) is 4.79 Å². The fourth-order valence-corrected chi connectivity index (χ4v) is 1.52. The molecule has 0 amide bonds. The maximum atomic E-state index is 12.7. The fraction of sp³-hybridized carbons (Fsp3) is 0.300. The van der Waals surface area contributed by atoms with Gasteiger partial charge in [-0.05, 0) is 17.7 Å². The van der Waals surface area contributed by atoms with Crippen LogP contribution in [0.1, 0.15) is 17.6 Å². The zero-order valence-corrected chi connectivity index (χ0v) is 8.07. The lowest BCUT2D eigenvalue weighted by molar-refractivity contribution is -0.136. The number of carboxylic acids is 1. The summed E-state index contributed by atoms with van der Waals surface area (Å²) in [5.41, 5.74) is -0.279. The van der Waals surface area contributed by atoms with Gasteiger partial charge in [0.1, 0.15) is 0 Å². The zero-order valence-electron chi connectivity index (χ0n) is 8.07. The van der Waals surface area contributed by atoms with Gasteiger partial charge in [-0.2, -0.15) is 0 Å². The average Bonchev–Trinajstić information content (AvgIpc) is 2.62. The Morgan fingerprint density at radius 1 is 1.38 bits per heavy atom. The molecule has 1 aliphatic heterocycles. The summed E-state index contributed by atoms with van der Waals surface area (Å²) in [7, 11) is 0. The Morgan fingerprint density at radius 3 is 2.56 bits per heavy atom. The van der Waals surface area contributed by atoms with Gasteiger partial charge in [0, 0.05) is 5.56 Å². The standard InChI is InChI=1S/C10H8F2O4/c11-10(12)6-3-8-7(15-4-16-8)1-5(6)2-9(13)14/h1,3,10H,2,4H2,(H,13,14). The molecule has 0 saturated heterocycles. The lowest BCUT2D eigenvalue weighted by Gasteiger charge is -2.08. The Balaban J connectivity index is 2.44. The molecule has 0 bridgehead atoms. The fourth-order valence-electron chi connectivity index (χ4n) is 1.52. The molecule has 4 nitrogen and oxygen atoms in total. The van der Waals surface area contributed by atoms with E-state index in [2.05, 4.69) is 0 Å². The van der Waals surface area contributed by atoms with Crippen LogP contribution in [0.2, 0.25) is 0 Å². The molecule has 86 valence electrons. The van der Waals surface area contributed by atoms with Gasteiger partial charge in [-0.15, -0.1) is 0 Å². The van der Waals surface area contributed by atoms with Gasteiger partial charge in [-0.25, -0.2) is 8.78 Å². The number of carbonyl (C=O) groups is 1. The van der Waals surface area contributed by atoms with Gasteiger partial charge in [0.05, 0.1) is 6.42 Å². The number of carboxylic acid groups (broad SMARTS) is 1. The van der Waals surface area contributed by atoms with E-state index < -0.39 is 18.8 Å². The van der Waals surface area contributed by atoms with Gasteiger partial charge in [0.25, 0.3) is 6.43 Å². The van der Waals surface area contributed by atoms with Crippen molar-refractivity contribution < 1.29 is 28.2 Å². The van der Waals surface area contributed by atoms with Gasteiger partial charge >= 0.3 is 5.97 Å². The van der Waals surface area contributed by atoms with Crippen LogP contribution in [0.3, 0.4) is 0 Å². The Labute approximate surface area is 89.4 Å². The number of hydrogen-bond donors (Lipinski definition) is 1. The van der Waals surface area contributed by atoms with Crippen molar-refractivity contribution in [3.63, 3.8) is 0 Å². The Hall–Kier alpha value is -1.85. The van der Waals surface area contributed by atoms with Crippen molar-refractivity contribution in [2.24, 2.45) is 0 Å². The monoisotopic (exact) mass is 230 g/mol. The summed E-state index contributed by atoms with van der Waals surface area (Å²) in [5, 5.41) is 8.60. The molecule has 2 rings (SSSR count). The van der Waals surface area contributed by atoms with Crippen LogP contribution in [0.25, 0.3) is 0 Å². The van der Waals surface area contributed by atoms with Crippen molar-refractivity contribution in [3.05, 3.63) is 23.3 Å². The minimum atomic E-state index is -2.73. The zero-order chi connectivity index (χ0) is 11.7. The van der Waals surface area contributed by atoms with Gasteiger partial charge < -0.3 is 14.6 Å². The van der Waals surface area contributed by atoms with E-state index in [4.69, 9.17) is 14.6 Å². The predicted molar refractivity (Wildman–Crippen MR) is 48.9 cm³/mol. The van der Waals surface area contributed by atoms with Crippen LogP contribution in [0.15, 0.2) is 12.1 Å². The number of alkyl halides is 2. The second-order valence-corrected chi connectivity index (χ2v) is 3.28. The summed E-state index contributed by atoms with van der Waals surface area (Å²) in [5.74, 6) is -0.633. The molecule has 6 heteroatoms. The van der Waals surface area contributed by atoms with Crippen molar-refractivity contribution in [1.82, 2.24) is 0 Å². The van der Waals surface area contributed by atoms with Crippen LogP contribution < -0.4 is 9.47 Å². The first kappa shape index (κ1) is 10.7. The van der Waals surface area contributed by atoms with Crippen LogP contribution >= 0.6 is 0 Å². The normalized spacial score (nSPS) is 13.2. The highest BCUT2D eigenvalue weighted by molar-refractivity contribution is 5.71. The lowest BCUT2D eigenvalue weighted by Crippen LogP contribution is -2.04. The molecule has 0 aliphatic carbocycles. The molecular formula is C10H8F2O4. The highest BCUT2D eigenvalue weighted by atomic mass is 19.3. The summed E-state index contributed by atoms with van der Waals surface area (Å²) in [6, 6.07) is 2.42. The summed E-state index contributed by atoms with van der Waals surface area (Å²) in [6.07, 6.45) is -3.19. The summed E-state index contributed by atoms with van der Waals surface area (Å²) in [4.78, 5) is 10.5. The molecule has 1 aromatic carbocycles. The van der Waals surface area contributed by atoms with Crippen LogP contribution in [-0.2, 0) is 11.2 Å². The van der Waals surface area contributed by atoms with E-state index in [0.29, 0.717) is 5.75 Å². The second kappa shape index (κ2) is 3.96. The molecule has 0 spiro atoms. The molecule has 1 N–H and O–H groups in total. The maximum Gasteiger partial charge on any atom is 0.307 e. The van der Waals surface area contributed by atoms with E-state index >= 15 is 0 Å². The molecule has 1 aliphatic rings. The smallest absolute Gasteiger partial charge is 0.307 e. The van der Waals surface area contributed by atoms with Crippen molar-refractivity contribution in [2.75, 3.05) is 6.79 Å². The molecule has 16 heavy (non-hydrogen) atoms. The molecule has 0 fully saturated rings. The maximum absolute atomic E-state index is 12.7.